The maximum Gasteiger partial charge on any atom is 0.0485 e. The zero-order valence-electron chi connectivity index (χ0n) is 12.9. The SMILES string of the molecule is CC(C)CN(CC(C)C)C(CN)c1ccc(Br)cc1Cl. The number of rotatable bonds is 7. The molecule has 0 aromatic heterocycles. The van der Waals surface area contributed by atoms with Crippen LogP contribution in [0.1, 0.15) is 39.3 Å². The van der Waals surface area contributed by atoms with E-state index in [4.69, 9.17) is 17.3 Å². The molecule has 0 aliphatic heterocycles. The van der Waals surface area contributed by atoms with E-state index in [1.807, 2.05) is 12.1 Å². The normalized spacial score (nSPS) is 13.5. The Morgan fingerprint density at radius 2 is 1.70 bits per heavy atom. The van der Waals surface area contributed by atoms with Crippen molar-refractivity contribution in [3.63, 3.8) is 0 Å². The molecule has 0 aliphatic carbocycles. The predicted octanol–water partition coefficient (Wildman–Crippen LogP) is 4.72. The maximum atomic E-state index is 6.41. The summed E-state index contributed by atoms with van der Waals surface area (Å²) in [7, 11) is 0. The highest BCUT2D eigenvalue weighted by atomic mass is 79.9. The minimum Gasteiger partial charge on any atom is -0.329 e. The molecule has 1 rings (SSSR count). The monoisotopic (exact) mass is 360 g/mol. The molecule has 1 unspecified atom stereocenters. The molecule has 2 nitrogen and oxygen atoms in total. The van der Waals surface area contributed by atoms with E-state index in [1.165, 1.54) is 0 Å². The Labute approximate surface area is 136 Å². The summed E-state index contributed by atoms with van der Waals surface area (Å²) >= 11 is 9.86. The lowest BCUT2D eigenvalue weighted by Crippen LogP contribution is -2.38. The van der Waals surface area contributed by atoms with Crippen LogP contribution in [-0.2, 0) is 0 Å². The minimum atomic E-state index is 0.181. The van der Waals surface area contributed by atoms with E-state index in [-0.39, 0.29) is 6.04 Å². The molecule has 0 bridgehead atoms. The quantitative estimate of drug-likeness (QED) is 0.761. The molecule has 1 aromatic carbocycles. The highest BCUT2D eigenvalue weighted by Crippen LogP contribution is 2.30. The third kappa shape index (κ3) is 5.36. The van der Waals surface area contributed by atoms with E-state index in [2.05, 4.69) is 54.6 Å². The Kier molecular flexibility index (Phi) is 7.52. The lowest BCUT2D eigenvalue weighted by Gasteiger charge is -2.34. The van der Waals surface area contributed by atoms with E-state index in [1.54, 1.807) is 0 Å². The highest BCUT2D eigenvalue weighted by Gasteiger charge is 2.22. The predicted molar refractivity (Wildman–Crippen MR) is 92.2 cm³/mol. The molecular weight excluding hydrogens is 336 g/mol. The van der Waals surface area contributed by atoms with Crippen LogP contribution in [0.5, 0.6) is 0 Å². The molecule has 0 heterocycles. The number of hydrogen-bond donors (Lipinski definition) is 1. The fourth-order valence-corrected chi connectivity index (χ4v) is 3.31. The number of halogens is 2. The van der Waals surface area contributed by atoms with Crippen LogP contribution in [-0.4, -0.2) is 24.5 Å². The molecule has 1 aromatic rings. The van der Waals surface area contributed by atoms with E-state index in [0.29, 0.717) is 18.4 Å². The van der Waals surface area contributed by atoms with Crippen molar-refractivity contribution in [1.82, 2.24) is 4.90 Å². The summed E-state index contributed by atoms with van der Waals surface area (Å²) in [5.74, 6) is 1.22. The van der Waals surface area contributed by atoms with Gasteiger partial charge in [0.1, 0.15) is 0 Å². The molecule has 0 fully saturated rings. The Morgan fingerprint density at radius 3 is 2.10 bits per heavy atom. The molecule has 20 heavy (non-hydrogen) atoms. The number of nitrogens with zero attached hydrogens (tertiary/aromatic N) is 1. The van der Waals surface area contributed by atoms with Gasteiger partial charge < -0.3 is 5.73 Å². The van der Waals surface area contributed by atoms with E-state index >= 15 is 0 Å². The van der Waals surface area contributed by atoms with Gasteiger partial charge in [0.25, 0.3) is 0 Å². The molecule has 0 aliphatic rings. The molecule has 0 amide bonds. The van der Waals surface area contributed by atoms with E-state index < -0.39 is 0 Å². The van der Waals surface area contributed by atoms with Crippen molar-refractivity contribution in [3.05, 3.63) is 33.3 Å². The van der Waals surface area contributed by atoms with Crippen molar-refractivity contribution < 1.29 is 0 Å². The average Bonchev–Trinajstić information content (AvgIpc) is 2.31. The Morgan fingerprint density at radius 1 is 1.15 bits per heavy atom. The molecule has 0 radical (unpaired) electrons. The van der Waals surface area contributed by atoms with Crippen LogP contribution in [0.2, 0.25) is 5.02 Å². The summed E-state index contributed by atoms with van der Waals surface area (Å²) in [6, 6.07) is 6.24. The first-order chi connectivity index (χ1) is 9.35. The van der Waals surface area contributed by atoms with Crippen molar-refractivity contribution in [3.8, 4) is 0 Å². The summed E-state index contributed by atoms with van der Waals surface area (Å²) in [5, 5.41) is 0.785. The smallest absolute Gasteiger partial charge is 0.0485 e. The van der Waals surface area contributed by atoms with Crippen LogP contribution >= 0.6 is 27.5 Å². The van der Waals surface area contributed by atoms with Gasteiger partial charge in [-0.15, -0.1) is 0 Å². The number of nitrogens with two attached hydrogens (primary N) is 1. The average molecular weight is 362 g/mol. The molecule has 114 valence electrons. The van der Waals surface area contributed by atoms with Crippen molar-refractivity contribution in [2.75, 3.05) is 19.6 Å². The molecule has 0 saturated heterocycles. The molecule has 1 atom stereocenters. The van der Waals surface area contributed by atoms with Crippen LogP contribution in [0, 0.1) is 11.8 Å². The zero-order chi connectivity index (χ0) is 15.3. The second-order valence-electron chi connectivity index (χ2n) is 6.16. The van der Waals surface area contributed by atoms with Crippen LogP contribution in [0.4, 0.5) is 0 Å². The summed E-state index contributed by atoms with van der Waals surface area (Å²) < 4.78 is 1.00. The summed E-state index contributed by atoms with van der Waals surface area (Å²) in [6.07, 6.45) is 0. The summed E-state index contributed by atoms with van der Waals surface area (Å²) in [5.41, 5.74) is 7.18. The van der Waals surface area contributed by atoms with Gasteiger partial charge in [-0.2, -0.15) is 0 Å². The number of hydrogen-bond acceptors (Lipinski definition) is 2. The standard InChI is InChI=1S/C16H26BrClN2/c1-11(2)9-20(10-12(3)4)16(8-19)14-6-5-13(17)7-15(14)18/h5-7,11-12,16H,8-10,19H2,1-4H3. The fraction of sp³-hybridized carbons (Fsp3) is 0.625. The summed E-state index contributed by atoms with van der Waals surface area (Å²) in [6.45, 7) is 11.6. The summed E-state index contributed by atoms with van der Waals surface area (Å²) in [4.78, 5) is 2.46. The van der Waals surface area contributed by atoms with E-state index in [0.717, 1.165) is 28.1 Å². The topological polar surface area (TPSA) is 29.3 Å². The van der Waals surface area contributed by atoms with Crippen molar-refractivity contribution in [1.29, 1.82) is 0 Å². The van der Waals surface area contributed by atoms with Gasteiger partial charge in [0.2, 0.25) is 0 Å². The van der Waals surface area contributed by atoms with Crippen LogP contribution in [0.3, 0.4) is 0 Å². The third-order valence-electron chi connectivity index (χ3n) is 3.18. The molecule has 2 N–H and O–H groups in total. The zero-order valence-corrected chi connectivity index (χ0v) is 15.2. The molecule has 0 spiro atoms. The van der Waals surface area contributed by atoms with Gasteiger partial charge in [-0.3, -0.25) is 4.90 Å². The van der Waals surface area contributed by atoms with Crippen molar-refractivity contribution in [2.45, 2.75) is 33.7 Å². The van der Waals surface area contributed by atoms with Gasteiger partial charge in [0, 0.05) is 35.2 Å². The molecule has 4 heteroatoms. The van der Waals surface area contributed by atoms with Gasteiger partial charge >= 0.3 is 0 Å². The fourth-order valence-electron chi connectivity index (χ4n) is 2.51. The Balaban J connectivity index is 3.04. The van der Waals surface area contributed by atoms with Gasteiger partial charge in [-0.25, -0.2) is 0 Å². The van der Waals surface area contributed by atoms with Gasteiger partial charge in [-0.1, -0.05) is 61.3 Å². The van der Waals surface area contributed by atoms with E-state index in [9.17, 15) is 0 Å². The Bertz CT molecular complexity index is 411. The lowest BCUT2D eigenvalue weighted by atomic mass is 10.0. The Hall–Kier alpha value is -0.0900. The highest BCUT2D eigenvalue weighted by molar-refractivity contribution is 9.10. The van der Waals surface area contributed by atoms with Crippen molar-refractivity contribution >= 4 is 27.5 Å². The number of benzene rings is 1. The van der Waals surface area contributed by atoms with Crippen molar-refractivity contribution in [2.24, 2.45) is 17.6 Å². The van der Waals surface area contributed by atoms with Crippen LogP contribution in [0.25, 0.3) is 0 Å². The van der Waals surface area contributed by atoms with Gasteiger partial charge in [0.15, 0.2) is 0 Å². The maximum absolute atomic E-state index is 6.41. The van der Waals surface area contributed by atoms with Gasteiger partial charge in [-0.05, 0) is 29.5 Å². The van der Waals surface area contributed by atoms with Crippen LogP contribution in [0.15, 0.2) is 22.7 Å². The largest absolute Gasteiger partial charge is 0.329 e. The first-order valence-electron chi connectivity index (χ1n) is 7.24. The van der Waals surface area contributed by atoms with Crippen LogP contribution < -0.4 is 5.73 Å². The lowest BCUT2D eigenvalue weighted by molar-refractivity contribution is 0.160. The third-order valence-corrected chi connectivity index (χ3v) is 4.01. The second-order valence-corrected chi connectivity index (χ2v) is 7.48. The first-order valence-corrected chi connectivity index (χ1v) is 8.41. The first kappa shape index (κ1) is 18.0. The second kappa shape index (κ2) is 8.38. The van der Waals surface area contributed by atoms with Gasteiger partial charge in [0.05, 0.1) is 0 Å². The minimum absolute atomic E-state index is 0.181. The molecule has 0 saturated carbocycles. The molecular formula is C16H26BrClN2.